The molecule has 5 nitrogen and oxygen atoms in total. The second-order valence-electron chi connectivity index (χ2n) is 7.32. The largest absolute Gasteiger partial charge is 0.462 e. The molecule has 160 valence electrons. The van der Waals surface area contributed by atoms with E-state index in [0.29, 0.717) is 16.4 Å². The molecule has 0 bridgehead atoms. The molecule has 30 heavy (non-hydrogen) atoms. The maximum absolute atomic E-state index is 15.0. The molecule has 1 aromatic heterocycles. The van der Waals surface area contributed by atoms with Gasteiger partial charge in [-0.3, -0.25) is 4.72 Å². The number of hydrogen-bond donors (Lipinski definition) is 2. The number of aliphatic hydroxyl groups is 1. The fraction of sp³-hybridized carbons (Fsp3) is 0.300. The van der Waals surface area contributed by atoms with Crippen LogP contribution in [-0.4, -0.2) is 24.9 Å². The third-order valence-corrected chi connectivity index (χ3v) is 8.35. The van der Waals surface area contributed by atoms with Crippen LogP contribution in [0.2, 0.25) is 0 Å². The molecule has 0 spiro atoms. The Hall–Kier alpha value is -1.79. The summed E-state index contributed by atoms with van der Waals surface area (Å²) in [6.45, 7) is -0.324. The molecule has 1 heterocycles. The topological polar surface area (TPSA) is 79.5 Å². The van der Waals surface area contributed by atoms with Gasteiger partial charge in [-0.15, -0.1) is 0 Å². The van der Waals surface area contributed by atoms with E-state index in [1.807, 2.05) is 22.6 Å². The highest BCUT2D eigenvalue weighted by Gasteiger charge is 2.54. The van der Waals surface area contributed by atoms with Crippen LogP contribution in [0.1, 0.15) is 30.4 Å². The quantitative estimate of drug-likeness (QED) is 0.418. The predicted octanol–water partition coefficient (Wildman–Crippen LogP) is 4.70. The van der Waals surface area contributed by atoms with E-state index < -0.39 is 32.2 Å². The summed E-state index contributed by atoms with van der Waals surface area (Å²) in [5.74, 6) is -3.08. The van der Waals surface area contributed by atoms with Crippen molar-refractivity contribution in [3.8, 4) is 0 Å². The maximum atomic E-state index is 15.0. The van der Waals surface area contributed by atoms with E-state index in [1.165, 1.54) is 18.2 Å². The summed E-state index contributed by atoms with van der Waals surface area (Å²) < 4.78 is 77.1. The van der Waals surface area contributed by atoms with Gasteiger partial charge in [0.1, 0.15) is 5.82 Å². The number of anilines is 1. The Labute approximate surface area is 184 Å². The molecule has 0 atom stereocenters. The van der Waals surface area contributed by atoms with Crippen LogP contribution in [0, 0.1) is 21.0 Å². The standard InChI is InChI=1S/C20H17F3INO4S/c21-15-10-12(24)2-1-11(15)9-14-17(23)16(22)13-3-8-29-19(13)18(14)25-30(27,28)20(4-5-20)6-7-26/h1-3,8,10,25-26H,4-7,9H2. The Morgan fingerprint density at radius 2 is 1.90 bits per heavy atom. The Morgan fingerprint density at radius 3 is 2.53 bits per heavy atom. The average molecular weight is 551 g/mol. The second-order valence-corrected chi connectivity index (χ2v) is 10.6. The zero-order valence-electron chi connectivity index (χ0n) is 15.5. The minimum Gasteiger partial charge on any atom is -0.462 e. The van der Waals surface area contributed by atoms with Gasteiger partial charge in [0.15, 0.2) is 17.2 Å². The lowest BCUT2D eigenvalue weighted by Gasteiger charge is -2.20. The minimum absolute atomic E-state index is 0.0222. The number of furan rings is 1. The van der Waals surface area contributed by atoms with E-state index in [9.17, 15) is 26.7 Å². The number of aliphatic hydroxyl groups excluding tert-OH is 1. The van der Waals surface area contributed by atoms with Crippen LogP contribution in [0.3, 0.4) is 0 Å². The van der Waals surface area contributed by atoms with Crippen molar-refractivity contribution in [3.05, 3.63) is 62.7 Å². The van der Waals surface area contributed by atoms with Crippen molar-refractivity contribution < 1.29 is 31.1 Å². The molecule has 2 aromatic carbocycles. The molecule has 10 heteroatoms. The normalized spacial score (nSPS) is 15.5. The van der Waals surface area contributed by atoms with Gasteiger partial charge in [0.05, 0.1) is 22.1 Å². The van der Waals surface area contributed by atoms with Gasteiger partial charge in [-0.2, -0.15) is 0 Å². The molecule has 2 N–H and O–H groups in total. The Morgan fingerprint density at radius 1 is 1.17 bits per heavy atom. The summed E-state index contributed by atoms with van der Waals surface area (Å²) >= 11 is 1.92. The minimum atomic E-state index is -4.05. The van der Waals surface area contributed by atoms with E-state index in [2.05, 4.69) is 4.72 Å². The van der Waals surface area contributed by atoms with Gasteiger partial charge in [0, 0.05) is 22.2 Å². The fourth-order valence-corrected chi connectivity index (χ4v) is 5.70. The highest BCUT2D eigenvalue weighted by atomic mass is 127. The van der Waals surface area contributed by atoms with Crippen molar-refractivity contribution in [3.63, 3.8) is 0 Å². The van der Waals surface area contributed by atoms with Crippen LogP contribution < -0.4 is 4.72 Å². The number of fused-ring (bicyclic) bond motifs is 1. The fourth-order valence-electron chi connectivity index (χ4n) is 3.54. The molecular formula is C20H17F3INO4S. The summed E-state index contributed by atoms with van der Waals surface area (Å²) in [4.78, 5) is 0. The summed E-state index contributed by atoms with van der Waals surface area (Å²) in [5.41, 5.74) is -0.691. The average Bonchev–Trinajstić information content (AvgIpc) is 3.32. The number of rotatable bonds is 7. The predicted molar refractivity (Wildman–Crippen MR) is 114 cm³/mol. The molecule has 0 aliphatic heterocycles. The Balaban J connectivity index is 1.86. The zero-order valence-corrected chi connectivity index (χ0v) is 18.5. The number of nitrogens with one attached hydrogen (secondary N) is 1. The van der Waals surface area contributed by atoms with Gasteiger partial charge in [-0.05, 0) is 65.6 Å². The summed E-state index contributed by atoms with van der Waals surface area (Å²) in [6, 6.07) is 5.50. The highest BCUT2D eigenvalue weighted by molar-refractivity contribution is 14.1. The first kappa shape index (κ1) is 21.4. The van der Waals surface area contributed by atoms with E-state index in [0.717, 1.165) is 6.26 Å². The molecular weight excluding hydrogens is 534 g/mol. The SMILES string of the molecule is O=S(=O)(Nc1c(Cc2ccc(I)cc2F)c(F)c(F)c2ccoc12)C1(CCO)CC1. The number of hydrogen-bond acceptors (Lipinski definition) is 4. The molecule has 0 unspecified atom stereocenters. The van der Waals surface area contributed by atoms with E-state index in [4.69, 9.17) is 4.42 Å². The van der Waals surface area contributed by atoms with E-state index >= 15 is 0 Å². The second kappa shape index (κ2) is 7.72. The van der Waals surface area contributed by atoms with Crippen molar-refractivity contribution in [1.82, 2.24) is 0 Å². The summed E-state index contributed by atoms with van der Waals surface area (Å²) in [6.07, 6.45) is 1.45. The molecule has 3 aromatic rings. The first-order valence-electron chi connectivity index (χ1n) is 9.13. The molecule has 1 aliphatic carbocycles. The van der Waals surface area contributed by atoms with Crippen LogP contribution in [-0.2, 0) is 16.4 Å². The molecule has 1 saturated carbocycles. The van der Waals surface area contributed by atoms with Crippen LogP contribution in [0.15, 0.2) is 34.9 Å². The number of benzene rings is 2. The van der Waals surface area contributed by atoms with Gasteiger partial charge in [-0.1, -0.05) is 6.07 Å². The molecule has 1 aliphatic rings. The third-order valence-electron chi connectivity index (χ3n) is 5.45. The number of sulfonamides is 1. The van der Waals surface area contributed by atoms with Crippen LogP contribution in [0.4, 0.5) is 18.9 Å². The number of halogens is 4. The first-order chi connectivity index (χ1) is 14.2. The van der Waals surface area contributed by atoms with Crippen LogP contribution in [0.25, 0.3) is 11.0 Å². The molecule has 4 rings (SSSR count). The molecule has 0 amide bonds. The Kier molecular flexibility index (Phi) is 5.52. The highest BCUT2D eigenvalue weighted by Crippen LogP contribution is 2.48. The van der Waals surface area contributed by atoms with Crippen molar-refractivity contribution in [2.75, 3.05) is 11.3 Å². The summed E-state index contributed by atoms with van der Waals surface area (Å²) in [5, 5.41) is 9.01. The first-order valence-corrected chi connectivity index (χ1v) is 11.7. The smallest absolute Gasteiger partial charge is 0.238 e. The van der Waals surface area contributed by atoms with E-state index in [1.54, 1.807) is 6.07 Å². The van der Waals surface area contributed by atoms with Crippen molar-refractivity contribution in [2.24, 2.45) is 0 Å². The van der Waals surface area contributed by atoms with Gasteiger partial charge in [0.2, 0.25) is 10.0 Å². The van der Waals surface area contributed by atoms with Gasteiger partial charge < -0.3 is 9.52 Å². The van der Waals surface area contributed by atoms with Gasteiger partial charge >= 0.3 is 0 Å². The Bertz CT molecular complexity index is 1240. The van der Waals surface area contributed by atoms with Crippen LogP contribution >= 0.6 is 22.6 Å². The lowest BCUT2D eigenvalue weighted by atomic mass is 10.0. The van der Waals surface area contributed by atoms with Crippen molar-refractivity contribution >= 4 is 49.3 Å². The molecule has 0 radical (unpaired) electrons. The lowest BCUT2D eigenvalue weighted by molar-refractivity contribution is 0.283. The van der Waals surface area contributed by atoms with Crippen molar-refractivity contribution in [1.29, 1.82) is 0 Å². The monoisotopic (exact) mass is 551 g/mol. The van der Waals surface area contributed by atoms with Crippen molar-refractivity contribution in [2.45, 2.75) is 30.4 Å². The zero-order chi connectivity index (χ0) is 21.7. The third kappa shape index (κ3) is 3.58. The van der Waals surface area contributed by atoms with Gasteiger partial charge in [-0.25, -0.2) is 21.6 Å². The molecule has 1 fully saturated rings. The summed E-state index contributed by atoms with van der Waals surface area (Å²) in [7, 11) is -4.05. The van der Waals surface area contributed by atoms with E-state index in [-0.39, 0.29) is 47.2 Å². The van der Waals surface area contributed by atoms with Gasteiger partial charge in [0.25, 0.3) is 0 Å². The molecule has 0 saturated heterocycles. The van der Waals surface area contributed by atoms with Crippen LogP contribution in [0.5, 0.6) is 0 Å². The lowest BCUT2D eigenvalue weighted by Crippen LogP contribution is -2.31. The maximum Gasteiger partial charge on any atom is 0.238 e.